The Kier molecular flexibility index (Phi) is 6.98. The third-order valence-electron chi connectivity index (χ3n) is 3.35. The SMILES string of the molecule is CCOCC(=O)O[C@H](C(=O)Nc1cccc(OC)c1)c1ccccc1. The molecule has 0 heterocycles. The molecule has 0 aliphatic heterocycles. The zero-order valence-corrected chi connectivity index (χ0v) is 14.2. The number of rotatable bonds is 8. The van der Waals surface area contributed by atoms with Crippen molar-refractivity contribution in [3.63, 3.8) is 0 Å². The Morgan fingerprint density at radius 1 is 1.08 bits per heavy atom. The predicted molar refractivity (Wildman–Crippen MR) is 93.4 cm³/mol. The topological polar surface area (TPSA) is 73.9 Å². The van der Waals surface area contributed by atoms with Gasteiger partial charge in [-0.1, -0.05) is 36.4 Å². The van der Waals surface area contributed by atoms with E-state index >= 15 is 0 Å². The van der Waals surface area contributed by atoms with Gasteiger partial charge in [-0.2, -0.15) is 0 Å². The molecule has 0 aliphatic rings. The smallest absolute Gasteiger partial charge is 0.333 e. The molecule has 0 bridgehead atoms. The van der Waals surface area contributed by atoms with Crippen LogP contribution in [0.4, 0.5) is 5.69 Å². The van der Waals surface area contributed by atoms with Crippen LogP contribution in [0.2, 0.25) is 0 Å². The molecule has 0 spiro atoms. The number of ether oxygens (including phenoxy) is 3. The first-order valence-corrected chi connectivity index (χ1v) is 7.91. The van der Waals surface area contributed by atoms with Gasteiger partial charge in [0.25, 0.3) is 5.91 Å². The molecule has 6 heteroatoms. The first-order chi connectivity index (χ1) is 12.1. The van der Waals surface area contributed by atoms with Crippen LogP contribution in [-0.2, 0) is 19.1 Å². The summed E-state index contributed by atoms with van der Waals surface area (Å²) in [6.07, 6.45) is -1.07. The van der Waals surface area contributed by atoms with Crippen LogP contribution in [0, 0.1) is 0 Å². The van der Waals surface area contributed by atoms with Gasteiger partial charge in [-0.3, -0.25) is 4.79 Å². The second kappa shape index (κ2) is 9.44. The number of carbonyl (C=O) groups is 2. The average Bonchev–Trinajstić information content (AvgIpc) is 2.65. The molecule has 2 aromatic carbocycles. The fourth-order valence-electron chi connectivity index (χ4n) is 2.16. The van der Waals surface area contributed by atoms with E-state index in [1.807, 2.05) is 6.07 Å². The Morgan fingerprint density at radius 2 is 1.84 bits per heavy atom. The highest BCUT2D eigenvalue weighted by atomic mass is 16.6. The molecule has 2 aromatic rings. The lowest BCUT2D eigenvalue weighted by molar-refractivity contribution is -0.159. The van der Waals surface area contributed by atoms with Gasteiger partial charge in [0.1, 0.15) is 12.4 Å². The van der Waals surface area contributed by atoms with Crippen molar-refractivity contribution in [2.24, 2.45) is 0 Å². The van der Waals surface area contributed by atoms with Crippen LogP contribution in [0.3, 0.4) is 0 Å². The van der Waals surface area contributed by atoms with Gasteiger partial charge in [0, 0.05) is 23.9 Å². The quantitative estimate of drug-likeness (QED) is 0.746. The van der Waals surface area contributed by atoms with Crippen LogP contribution >= 0.6 is 0 Å². The lowest BCUT2D eigenvalue weighted by atomic mass is 10.1. The van der Waals surface area contributed by atoms with Crippen molar-refractivity contribution in [1.29, 1.82) is 0 Å². The van der Waals surface area contributed by atoms with Crippen molar-refractivity contribution in [2.45, 2.75) is 13.0 Å². The first kappa shape index (κ1) is 18.5. The van der Waals surface area contributed by atoms with Crippen molar-refractivity contribution >= 4 is 17.6 Å². The Bertz CT molecular complexity index is 702. The van der Waals surface area contributed by atoms with E-state index in [0.29, 0.717) is 23.6 Å². The van der Waals surface area contributed by atoms with E-state index in [-0.39, 0.29) is 6.61 Å². The summed E-state index contributed by atoms with van der Waals surface area (Å²) >= 11 is 0. The van der Waals surface area contributed by atoms with Crippen LogP contribution in [0.1, 0.15) is 18.6 Å². The van der Waals surface area contributed by atoms with Crippen molar-refractivity contribution in [2.75, 3.05) is 25.6 Å². The van der Waals surface area contributed by atoms with E-state index in [1.165, 1.54) is 0 Å². The maximum absolute atomic E-state index is 12.7. The van der Waals surface area contributed by atoms with E-state index in [4.69, 9.17) is 14.2 Å². The summed E-state index contributed by atoms with van der Waals surface area (Å²) in [7, 11) is 1.54. The molecule has 6 nitrogen and oxygen atoms in total. The van der Waals surface area contributed by atoms with E-state index in [1.54, 1.807) is 62.6 Å². The molecule has 2 rings (SSSR count). The van der Waals surface area contributed by atoms with Gasteiger partial charge in [-0.05, 0) is 19.1 Å². The standard InChI is InChI=1S/C19H21NO5/c1-3-24-13-17(21)25-18(14-8-5-4-6-9-14)19(22)20-15-10-7-11-16(12-15)23-2/h4-12,18H,3,13H2,1-2H3,(H,20,22)/t18-/m0/s1. The molecular formula is C19H21NO5. The minimum atomic E-state index is -1.07. The lowest BCUT2D eigenvalue weighted by Crippen LogP contribution is -2.27. The summed E-state index contributed by atoms with van der Waals surface area (Å²) in [4.78, 5) is 24.5. The number of hydrogen-bond donors (Lipinski definition) is 1. The van der Waals surface area contributed by atoms with Gasteiger partial charge in [-0.15, -0.1) is 0 Å². The van der Waals surface area contributed by atoms with Crippen molar-refractivity contribution in [3.8, 4) is 5.75 Å². The van der Waals surface area contributed by atoms with E-state index in [2.05, 4.69) is 5.32 Å². The van der Waals surface area contributed by atoms with Crippen molar-refractivity contribution in [1.82, 2.24) is 0 Å². The summed E-state index contributed by atoms with van der Waals surface area (Å²) in [6, 6.07) is 15.8. The Hall–Kier alpha value is -2.86. The number of carbonyl (C=O) groups excluding carboxylic acids is 2. The third-order valence-corrected chi connectivity index (χ3v) is 3.35. The van der Waals surface area contributed by atoms with Gasteiger partial charge in [0.2, 0.25) is 6.10 Å². The predicted octanol–water partition coefficient (Wildman–Crippen LogP) is 2.95. The van der Waals surface area contributed by atoms with Gasteiger partial charge in [0.15, 0.2) is 0 Å². The Labute approximate surface area is 146 Å². The third kappa shape index (κ3) is 5.61. The fraction of sp³-hybridized carbons (Fsp3) is 0.263. The number of nitrogens with one attached hydrogen (secondary N) is 1. The minimum Gasteiger partial charge on any atom is -0.497 e. The van der Waals surface area contributed by atoms with E-state index < -0.39 is 18.0 Å². The molecule has 25 heavy (non-hydrogen) atoms. The number of amides is 1. The van der Waals surface area contributed by atoms with Crippen LogP contribution in [0.5, 0.6) is 5.75 Å². The van der Waals surface area contributed by atoms with Crippen LogP contribution < -0.4 is 10.1 Å². The molecule has 0 fully saturated rings. The molecule has 0 saturated heterocycles. The van der Waals surface area contributed by atoms with E-state index in [9.17, 15) is 9.59 Å². The number of methoxy groups -OCH3 is 1. The maximum atomic E-state index is 12.7. The maximum Gasteiger partial charge on any atom is 0.333 e. The second-order valence-corrected chi connectivity index (χ2v) is 5.14. The zero-order chi connectivity index (χ0) is 18.1. The largest absolute Gasteiger partial charge is 0.497 e. The van der Waals surface area contributed by atoms with Crippen LogP contribution in [-0.4, -0.2) is 32.2 Å². The molecule has 0 saturated carbocycles. The summed E-state index contributed by atoms with van der Waals surface area (Å²) in [5.41, 5.74) is 1.12. The molecule has 1 N–H and O–H groups in total. The highest BCUT2D eigenvalue weighted by Gasteiger charge is 2.25. The summed E-state index contributed by atoms with van der Waals surface area (Å²) in [5, 5.41) is 2.74. The van der Waals surface area contributed by atoms with Gasteiger partial charge >= 0.3 is 5.97 Å². The molecule has 0 aromatic heterocycles. The van der Waals surface area contributed by atoms with Gasteiger partial charge in [0.05, 0.1) is 7.11 Å². The van der Waals surface area contributed by atoms with E-state index in [0.717, 1.165) is 0 Å². The van der Waals surface area contributed by atoms with Crippen molar-refractivity contribution in [3.05, 3.63) is 60.2 Å². The Morgan fingerprint density at radius 3 is 2.52 bits per heavy atom. The molecule has 0 aliphatic carbocycles. The average molecular weight is 343 g/mol. The fourth-order valence-corrected chi connectivity index (χ4v) is 2.16. The first-order valence-electron chi connectivity index (χ1n) is 7.91. The van der Waals surface area contributed by atoms with Crippen LogP contribution in [0.15, 0.2) is 54.6 Å². The molecule has 0 unspecified atom stereocenters. The van der Waals surface area contributed by atoms with Gasteiger partial charge < -0.3 is 19.5 Å². The summed E-state index contributed by atoms with van der Waals surface area (Å²) in [6.45, 7) is 1.96. The highest BCUT2D eigenvalue weighted by Crippen LogP contribution is 2.22. The number of anilines is 1. The Balaban J connectivity index is 2.15. The van der Waals surface area contributed by atoms with Gasteiger partial charge in [-0.25, -0.2) is 4.79 Å². The molecule has 132 valence electrons. The molecule has 0 radical (unpaired) electrons. The van der Waals surface area contributed by atoms with Crippen LogP contribution in [0.25, 0.3) is 0 Å². The zero-order valence-electron chi connectivity index (χ0n) is 14.2. The molecule has 1 amide bonds. The number of benzene rings is 2. The second-order valence-electron chi connectivity index (χ2n) is 5.14. The monoisotopic (exact) mass is 343 g/mol. The number of esters is 1. The van der Waals surface area contributed by atoms with Crippen molar-refractivity contribution < 1.29 is 23.8 Å². The summed E-state index contributed by atoms with van der Waals surface area (Å²) in [5.74, 6) is -0.441. The minimum absolute atomic E-state index is 0.202. The highest BCUT2D eigenvalue weighted by molar-refractivity contribution is 5.96. The molecule has 1 atom stereocenters. The summed E-state index contributed by atoms with van der Waals surface area (Å²) < 4.78 is 15.5. The molecular weight excluding hydrogens is 322 g/mol. The number of hydrogen-bond acceptors (Lipinski definition) is 5. The normalized spacial score (nSPS) is 11.4. The lowest BCUT2D eigenvalue weighted by Gasteiger charge is -2.18.